The average Bonchev–Trinajstić information content (AvgIpc) is 3.11. The monoisotopic (exact) mass is 536 g/mol. The van der Waals surface area contributed by atoms with Crippen LogP contribution in [0, 0.1) is 5.92 Å². The molecule has 1 amide bonds. The topological polar surface area (TPSA) is 161 Å². The van der Waals surface area contributed by atoms with E-state index in [4.69, 9.17) is 21.1 Å². The molecule has 0 saturated carbocycles. The Morgan fingerprint density at radius 1 is 1.15 bits per heavy atom. The number of alkyl halides is 1. The van der Waals surface area contributed by atoms with Crippen LogP contribution in [0.15, 0.2) is 0 Å². The van der Waals surface area contributed by atoms with Crippen LogP contribution in [0.1, 0.15) is 13.3 Å². The second-order valence-corrected chi connectivity index (χ2v) is 10.3. The molecule has 0 aliphatic carbocycles. The lowest BCUT2D eigenvalue weighted by molar-refractivity contribution is -0.205. The maximum atomic E-state index is 13.0. The second-order valence-electron chi connectivity index (χ2n) is 8.36. The standard InChI is InChI=1S/C18H31ClN2O8S.CH3FS/c1-6(19)10(16-13(25)12(24)14(26)18(29-16)30-2)21-17(27)11-15-7(4-20-11)3-8(22)9(23)5-28-15;1-3-2/h6-16,18,20,22-26H,3-5H2,1-2H3,(H,21,27);1H3/t6-,7-,8+,9-,10+,11-,12+,13?,14+,15+,16+,18?;/m0./s1. The molecule has 3 saturated heterocycles. The van der Waals surface area contributed by atoms with Gasteiger partial charge in [0.1, 0.15) is 42.0 Å². The zero-order chi connectivity index (χ0) is 24.9. The molecule has 0 aromatic rings. The minimum atomic E-state index is -1.45. The minimum absolute atomic E-state index is 0.0763. The Morgan fingerprint density at radius 2 is 1.79 bits per heavy atom. The van der Waals surface area contributed by atoms with Crippen LogP contribution in [-0.4, -0.2) is 123 Å². The van der Waals surface area contributed by atoms with Gasteiger partial charge in [-0.05, 0) is 19.6 Å². The second kappa shape index (κ2) is 13.4. The zero-order valence-electron chi connectivity index (χ0n) is 18.6. The molecule has 3 aliphatic rings. The van der Waals surface area contributed by atoms with Crippen molar-refractivity contribution in [2.45, 2.75) is 79.0 Å². The molecule has 2 unspecified atom stereocenters. The first kappa shape index (κ1) is 29.3. The van der Waals surface area contributed by atoms with Gasteiger partial charge in [-0.25, -0.2) is 0 Å². The Kier molecular flexibility index (Phi) is 11.9. The molecule has 194 valence electrons. The fraction of sp³-hybridized carbons (Fsp3) is 0.947. The molecule has 0 aromatic heterocycles. The summed E-state index contributed by atoms with van der Waals surface area (Å²) in [5, 5.41) is 55.7. The summed E-state index contributed by atoms with van der Waals surface area (Å²) in [7, 11) is 0. The summed E-state index contributed by atoms with van der Waals surface area (Å²) in [5.41, 5.74) is -0.787. The van der Waals surface area contributed by atoms with Crippen molar-refractivity contribution in [1.82, 2.24) is 10.6 Å². The van der Waals surface area contributed by atoms with E-state index in [0.29, 0.717) is 13.0 Å². The highest BCUT2D eigenvalue weighted by Gasteiger charge is 2.50. The Hall–Kier alpha value is 0.0700. The molecule has 3 rings (SSSR count). The van der Waals surface area contributed by atoms with Gasteiger partial charge < -0.3 is 45.6 Å². The molecule has 33 heavy (non-hydrogen) atoms. The van der Waals surface area contributed by atoms with Gasteiger partial charge >= 0.3 is 0 Å². The Morgan fingerprint density at radius 3 is 2.36 bits per heavy atom. The number of fused-ring (bicyclic) bond motifs is 1. The summed E-state index contributed by atoms with van der Waals surface area (Å²) in [6.45, 7) is 2.00. The lowest BCUT2D eigenvalue weighted by Gasteiger charge is -2.44. The van der Waals surface area contributed by atoms with Crippen LogP contribution in [0.25, 0.3) is 0 Å². The fourth-order valence-corrected chi connectivity index (χ4v) is 5.23. The van der Waals surface area contributed by atoms with Crippen LogP contribution in [-0.2, 0) is 14.3 Å². The van der Waals surface area contributed by atoms with Crippen molar-refractivity contribution in [2.24, 2.45) is 5.92 Å². The van der Waals surface area contributed by atoms with Crippen molar-refractivity contribution in [3.63, 3.8) is 0 Å². The van der Waals surface area contributed by atoms with Gasteiger partial charge in [0.05, 0.1) is 30.2 Å². The van der Waals surface area contributed by atoms with Gasteiger partial charge in [-0.3, -0.25) is 4.79 Å². The highest BCUT2D eigenvalue weighted by atomic mass is 35.5. The van der Waals surface area contributed by atoms with E-state index in [2.05, 4.69) is 10.6 Å². The van der Waals surface area contributed by atoms with E-state index in [1.807, 2.05) is 0 Å². The predicted octanol–water partition coefficient (Wildman–Crippen LogP) is -1.40. The number of hydrogen-bond acceptors (Lipinski definition) is 11. The molecule has 3 heterocycles. The highest BCUT2D eigenvalue weighted by molar-refractivity contribution is 7.99. The molecule has 10 nitrogen and oxygen atoms in total. The zero-order valence-corrected chi connectivity index (χ0v) is 21.0. The van der Waals surface area contributed by atoms with Crippen molar-refractivity contribution in [3.05, 3.63) is 0 Å². The van der Waals surface area contributed by atoms with Gasteiger partial charge in [0.25, 0.3) is 0 Å². The van der Waals surface area contributed by atoms with Gasteiger partial charge in [-0.15, -0.1) is 23.4 Å². The summed E-state index contributed by atoms with van der Waals surface area (Å²) in [4.78, 5) is 13.0. The Bertz CT molecular complexity index is 628. The van der Waals surface area contributed by atoms with Crippen molar-refractivity contribution in [2.75, 3.05) is 25.7 Å². The smallest absolute Gasteiger partial charge is 0.240 e. The van der Waals surface area contributed by atoms with E-state index >= 15 is 0 Å². The average molecular weight is 537 g/mol. The van der Waals surface area contributed by atoms with Gasteiger partial charge in [0, 0.05) is 30.9 Å². The highest BCUT2D eigenvalue weighted by Crippen LogP contribution is 2.31. The lowest BCUT2D eigenvalue weighted by atomic mass is 9.92. The third-order valence-electron chi connectivity index (χ3n) is 6.12. The number of thioether (sulfide) groups is 1. The molecule has 14 heteroatoms. The first-order chi connectivity index (χ1) is 15.6. The molecular formula is C19H34ClFN2O8S2. The number of carbonyl (C=O) groups excluding carboxylic acids is 1. The van der Waals surface area contributed by atoms with Crippen molar-refractivity contribution >= 4 is 41.4 Å². The van der Waals surface area contributed by atoms with Crippen LogP contribution in [0.3, 0.4) is 0 Å². The summed E-state index contributed by atoms with van der Waals surface area (Å²) in [6.07, 6.45) is -4.28. The summed E-state index contributed by atoms with van der Waals surface area (Å²) in [5.74, 6) is -0.572. The summed E-state index contributed by atoms with van der Waals surface area (Å²) < 4.78 is 21.7. The first-order valence-electron chi connectivity index (χ1n) is 10.6. The number of amides is 1. The van der Waals surface area contributed by atoms with E-state index < -0.39 is 71.5 Å². The molecule has 7 N–H and O–H groups in total. The number of rotatable bonds is 5. The molecule has 3 fully saturated rings. The molecule has 0 radical (unpaired) electrons. The Balaban J connectivity index is 0.00000122. The predicted molar refractivity (Wildman–Crippen MR) is 124 cm³/mol. The molecule has 0 aromatic carbocycles. The van der Waals surface area contributed by atoms with Crippen LogP contribution in [0.4, 0.5) is 3.89 Å². The van der Waals surface area contributed by atoms with Crippen molar-refractivity contribution in [1.29, 1.82) is 0 Å². The summed E-state index contributed by atoms with van der Waals surface area (Å²) in [6, 6.07) is -1.59. The largest absolute Gasteiger partial charge is 0.390 e. The van der Waals surface area contributed by atoms with E-state index in [-0.39, 0.29) is 24.7 Å². The minimum Gasteiger partial charge on any atom is -0.390 e. The number of aliphatic hydroxyl groups is 5. The quantitative estimate of drug-likeness (QED) is 0.207. The number of nitrogens with one attached hydrogen (secondary N) is 2. The van der Waals surface area contributed by atoms with Crippen LogP contribution >= 0.6 is 35.5 Å². The number of aliphatic hydroxyl groups excluding tert-OH is 5. The molecule has 12 atom stereocenters. The third-order valence-corrected chi connectivity index (χ3v) is 7.25. The van der Waals surface area contributed by atoms with Crippen LogP contribution in [0.2, 0.25) is 0 Å². The van der Waals surface area contributed by atoms with Gasteiger partial charge in [-0.2, -0.15) is 3.89 Å². The maximum Gasteiger partial charge on any atom is 0.240 e. The lowest BCUT2D eigenvalue weighted by Crippen LogP contribution is -2.65. The van der Waals surface area contributed by atoms with E-state index in [9.17, 15) is 34.2 Å². The molecule has 0 spiro atoms. The summed E-state index contributed by atoms with van der Waals surface area (Å²) >= 11 is 7.72. The number of hydrogen-bond donors (Lipinski definition) is 7. The van der Waals surface area contributed by atoms with Crippen molar-refractivity contribution in [3.8, 4) is 0 Å². The fourth-order valence-electron chi connectivity index (χ4n) is 4.34. The first-order valence-corrected chi connectivity index (χ1v) is 13.4. The molecule has 0 bridgehead atoms. The normalized spacial score (nSPS) is 42.8. The SMILES string of the molecule is CSC1O[C@H]([C@H](NC(=O)[C@H]2NC[C@@H]3C[C@@H](O)[C@@H](O)CO[C@H]32)[C@H](C)Cl)C(O)[C@@H](O)[C@H]1O.CSF. The van der Waals surface area contributed by atoms with Gasteiger partial charge in [0.2, 0.25) is 5.91 Å². The van der Waals surface area contributed by atoms with Gasteiger partial charge in [-0.1, -0.05) is 0 Å². The number of ether oxygens (including phenoxy) is 2. The van der Waals surface area contributed by atoms with Gasteiger partial charge in [0.15, 0.2) is 0 Å². The molecule has 3 aliphatic heterocycles. The maximum absolute atomic E-state index is 13.0. The van der Waals surface area contributed by atoms with Crippen molar-refractivity contribution < 1.29 is 43.7 Å². The van der Waals surface area contributed by atoms with E-state index in [1.54, 1.807) is 13.2 Å². The Labute approximate surface area is 206 Å². The third kappa shape index (κ3) is 7.06. The number of carbonyl (C=O) groups is 1. The van der Waals surface area contributed by atoms with E-state index in [1.165, 1.54) is 18.0 Å². The molecular weight excluding hydrogens is 503 g/mol. The van der Waals surface area contributed by atoms with E-state index in [0.717, 1.165) is 0 Å². The number of halogens is 2. The van der Waals surface area contributed by atoms with Crippen LogP contribution in [0.5, 0.6) is 0 Å². The van der Waals surface area contributed by atoms with Crippen LogP contribution < -0.4 is 10.6 Å².